The molecule has 0 amide bonds. The van der Waals surface area contributed by atoms with E-state index in [9.17, 15) is 5.11 Å². The minimum Gasteiger partial charge on any atom is -0.385 e. The maximum absolute atomic E-state index is 10.2. The summed E-state index contributed by atoms with van der Waals surface area (Å²) in [6.07, 6.45) is 2.94. The molecule has 0 saturated carbocycles. The van der Waals surface area contributed by atoms with E-state index in [1.807, 2.05) is 28.9 Å². The first kappa shape index (κ1) is 12.7. The lowest BCUT2D eigenvalue weighted by Crippen LogP contribution is -2.07. The molecule has 5 nitrogen and oxygen atoms in total. The molecule has 1 unspecified atom stereocenters. The van der Waals surface area contributed by atoms with Crippen LogP contribution >= 0.6 is 0 Å². The van der Waals surface area contributed by atoms with Crippen LogP contribution in [-0.2, 0) is 13.0 Å². The van der Waals surface area contributed by atoms with Crippen LogP contribution in [0.1, 0.15) is 24.5 Å². The average molecular weight is 268 g/mol. The molecule has 102 valence electrons. The first-order chi connectivity index (χ1) is 9.79. The monoisotopic (exact) mass is 268 g/mol. The number of aliphatic hydroxyl groups is 1. The first-order valence-electron chi connectivity index (χ1n) is 6.69. The molecule has 0 aliphatic carbocycles. The quantitative estimate of drug-likeness (QED) is 0.787. The molecule has 5 heteroatoms. The van der Waals surface area contributed by atoms with Crippen LogP contribution in [0, 0.1) is 0 Å². The van der Waals surface area contributed by atoms with E-state index in [1.54, 1.807) is 18.5 Å². The van der Waals surface area contributed by atoms with Crippen molar-refractivity contribution in [1.82, 2.24) is 19.7 Å². The normalized spacial score (nSPS) is 12.7. The van der Waals surface area contributed by atoms with Gasteiger partial charge in [-0.2, -0.15) is 5.10 Å². The zero-order valence-electron chi connectivity index (χ0n) is 11.3. The van der Waals surface area contributed by atoms with E-state index in [2.05, 4.69) is 22.0 Å². The van der Waals surface area contributed by atoms with Crippen LogP contribution in [0.3, 0.4) is 0 Å². The van der Waals surface area contributed by atoms with Gasteiger partial charge in [-0.25, -0.2) is 9.97 Å². The van der Waals surface area contributed by atoms with Crippen molar-refractivity contribution in [2.24, 2.45) is 0 Å². The largest absolute Gasteiger partial charge is 0.385 e. The highest BCUT2D eigenvalue weighted by Gasteiger charge is 2.16. The van der Waals surface area contributed by atoms with E-state index in [0.29, 0.717) is 12.2 Å². The summed E-state index contributed by atoms with van der Waals surface area (Å²) in [7, 11) is 0. The summed E-state index contributed by atoms with van der Waals surface area (Å²) in [5.41, 5.74) is 1.97. The van der Waals surface area contributed by atoms with Gasteiger partial charge in [0.05, 0.1) is 11.2 Å². The Bertz CT molecular complexity index is 708. The zero-order valence-corrected chi connectivity index (χ0v) is 11.3. The summed E-state index contributed by atoms with van der Waals surface area (Å²) in [5.74, 6) is 0.433. The molecule has 20 heavy (non-hydrogen) atoms. The second-order valence-electron chi connectivity index (χ2n) is 4.61. The van der Waals surface area contributed by atoms with Gasteiger partial charge in [-0.05, 0) is 19.1 Å². The van der Waals surface area contributed by atoms with Crippen LogP contribution in [-0.4, -0.2) is 24.9 Å². The Morgan fingerprint density at radius 2 is 1.90 bits per heavy atom. The lowest BCUT2D eigenvalue weighted by molar-refractivity contribution is 0.167. The number of fused-ring (bicyclic) bond motifs is 1. The third kappa shape index (κ3) is 2.28. The molecule has 0 spiro atoms. The van der Waals surface area contributed by atoms with Crippen molar-refractivity contribution in [3.63, 3.8) is 0 Å². The Kier molecular flexibility index (Phi) is 3.43. The van der Waals surface area contributed by atoms with Crippen LogP contribution in [0.4, 0.5) is 0 Å². The number of rotatable bonds is 4. The Balaban J connectivity index is 1.95. The summed E-state index contributed by atoms with van der Waals surface area (Å²) in [6, 6.07) is 9.79. The van der Waals surface area contributed by atoms with Crippen molar-refractivity contribution in [3.8, 4) is 0 Å². The van der Waals surface area contributed by atoms with E-state index in [1.165, 1.54) is 0 Å². The van der Waals surface area contributed by atoms with Gasteiger partial charge < -0.3 is 5.11 Å². The Labute approximate surface area is 116 Å². The van der Waals surface area contributed by atoms with E-state index in [4.69, 9.17) is 0 Å². The standard InChI is InChI=1S/C15H16N4O/c1-2-19-13-7-4-3-6-11(13)12(18-19)10-14(20)15-16-8-5-9-17-15/h3-9,14,20H,2,10H2,1H3. The molecule has 2 aromatic heterocycles. The van der Waals surface area contributed by atoms with Gasteiger partial charge in [0.25, 0.3) is 0 Å². The van der Waals surface area contributed by atoms with Gasteiger partial charge in [0, 0.05) is 30.7 Å². The third-order valence-electron chi connectivity index (χ3n) is 3.30. The topological polar surface area (TPSA) is 63.8 Å². The van der Waals surface area contributed by atoms with Crippen LogP contribution in [0.15, 0.2) is 42.7 Å². The number of aliphatic hydroxyl groups excluding tert-OH is 1. The maximum Gasteiger partial charge on any atom is 0.157 e. The predicted molar refractivity (Wildman–Crippen MR) is 76.1 cm³/mol. The van der Waals surface area contributed by atoms with Gasteiger partial charge >= 0.3 is 0 Å². The number of aromatic nitrogens is 4. The van der Waals surface area contributed by atoms with Crippen molar-refractivity contribution < 1.29 is 5.11 Å². The molecule has 0 aliphatic heterocycles. The van der Waals surface area contributed by atoms with Gasteiger partial charge in [0.2, 0.25) is 0 Å². The van der Waals surface area contributed by atoms with Crippen molar-refractivity contribution in [2.45, 2.75) is 26.0 Å². The second-order valence-corrected chi connectivity index (χ2v) is 4.61. The first-order valence-corrected chi connectivity index (χ1v) is 6.69. The molecule has 3 aromatic rings. The van der Waals surface area contributed by atoms with Crippen molar-refractivity contribution in [1.29, 1.82) is 0 Å². The molecule has 0 saturated heterocycles. The highest BCUT2D eigenvalue weighted by atomic mass is 16.3. The lowest BCUT2D eigenvalue weighted by Gasteiger charge is -2.06. The summed E-state index contributed by atoms with van der Waals surface area (Å²) in [4.78, 5) is 8.17. The minimum atomic E-state index is -0.736. The molecular weight excluding hydrogens is 252 g/mol. The minimum absolute atomic E-state index is 0.414. The number of para-hydroxylation sites is 1. The highest BCUT2D eigenvalue weighted by Crippen LogP contribution is 2.22. The zero-order chi connectivity index (χ0) is 13.9. The van der Waals surface area contributed by atoms with E-state index in [-0.39, 0.29) is 0 Å². The number of nitrogens with zero attached hydrogens (tertiary/aromatic N) is 4. The fraction of sp³-hybridized carbons (Fsp3) is 0.267. The Morgan fingerprint density at radius 1 is 1.15 bits per heavy atom. The van der Waals surface area contributed by atoms with Crippen LogP contribution in [0.5, 0.6) is 0 Å². The van der Waals surface area contributed by atoms with Crippen molar-refractivity contribution in [2.75, 3.05) is 0 Å². The summed E-state index contributed by atoms with van der Waals surface area (Å²) < 4.78 is 1.95. The number of hydrogen-bond donors (Lipinski definition) is 1. The smallest absolute Gasteiger partial charge is 0.157 e. The molecule has 3 rings (SSSR count). The molecule has 1 aromatic carbocycles. The summed E-state index contributed by atoms with van der Waals surface area (Å²) >= 11 is 0. The Hall–Kier alpha value is -2.27. The van der Waals surface area contributed by atoms with Gasteiger partial charge in [-0.15, -0.1) is 0 Å². The highest BCUT2D eigenvalue weighted by molar-refractivity contribution is 5.82. The number of benzene rings is 1. The van der Waals surface area contributed by atoms with Crippen LogP contribution < -0.4 is 0 Å². The third-order valence-corrected chi connectivity index (χ3v) is 3.30. The van der Waals surface area contributed by atoms with Gasteiger partial charge in [-0.3, -0.25) is 4.68 Å². The van der Waals surface area contributed by atoms with Gasteiger partial charge in [-0.1, -0.05) is 18.2 Å². The molecular formula is C15H16N4O. The Morgan fingerprint density at radius 3 is 2.65 bits per heavy atom. The molecule has 1 atom stereocenters. The molecule has 1 N–H and O–H groups in total. The average Bonchev–Trinajstić information content (AvgIpc) is 2.86. The summed E-state index contributed by atoms with van der Waals surface area (Å²) in [6.45, 7) is 2.86. The maximum atomic E-state index is 10.2. The van der Waals surface area contributed by atoms with Crippen molar-refractivity contribution in [3.05, 3.63) is 54.2 Å². The SMILES string of the molecule is CCn1nc(CC(O)c2ncccn2)c2ccccc21. The van der Waals surface area contributed by atoms with Gasteiger partial charge in [0.15, 0.2) is 5.82 Å². The predicted octanol–water partition coefficient (Wildman–Crippen LogP) is 2.12. The fourth-order valence-electron chi connectivity index (χ4n) is 2.35. The van der Waals surface area contributed by atoms with E-state index >= 15 is 0 Å². The van der Waals surface area contributed by atoms with Gasteiger partial charge in [0.1, 0.15) is 6.10 Å². The number of aryl methyl sites for hydroxylation is 1. The van der Waals surface area contributed by atoms with E-state index < -0.39 is 6.10 Å². The number of hydrogen-bond acceptors (Lipinski definition) is 4. The van der Waals surface area contributed by atoms with Crippen LogP contribution in [0.2, 0.25) is 0 Å². The molecule has 2 heterocycles. The lowest BCUT2D eigenvalue weighted by atomic mass is 10.1. The van der Waals surface area contributed by atoms with Crippen LogP contribution in [0.25, 0.3) is 10.9 Å². The molecule has 0 bridgehead atoms. The summed E-state index contributed by atoms with van der Waals surface area (Å²) in [5, 5.41) is 15.9. The molecule has 0 fully saturated rings. The second kappa shape index (κ2) is 5.38. The molecule has 0 aliphatic rings. The molecule has 0 radical (unpaired) electrons. The van der Waals surface area contributed by atoms with E-state index in [0.717, 1.165) is 23.1 Å². The fourth-order valence-corrected chi connectivity index (χ4v) is 2.35. The van der Waals surface area contributed by atoms with Crippen molar-refractivity contribution >= 4 is 10.9 Å².